The van der Waals surface area contributed by atoms with Crippen molar-refractivity contribution in [3.05, 3.63) is 12.7 Å². The molecule has 0 aliphatic rings. The fraction of sp³-hybridized carbons (Fsp3) is 0.571. The number of hydrogen-bond acceptors (Lipinski definition) is 3. The highest BCUT2D eigenvalue weighted by Gasteiger charge is 2.23. The molecule has 11 heavy (non-hydrogen) atoms. The van der Waals surface area contributed by atoms with Crippen LogP contribution in [-0.2, 0) is 4.79 Å². The minimum absolute atomic E-state index is 0.166. The van der Waals surface area contributed by atoms with Crippen molar-refractivity contribution >= 4 is 18.6 Å². The molecule has 0 spiro atoms. The van der Waals surface area contributed by atoms with Crippen molar-refractivity contribution in [2.45, 2.75) is 18.2 Å². The lowest BCUT2D eigenvalue weighted by atomic mass is 9.99. The molecule has 0 aromatic heterocycles. The number of carbonyl (C=O) groups is 1. The van der Waals surface area contributed by atoms with E-state index in [9.17, 15) is 4.79 Å². The fourth-order valence-corrected chi connectivity index (χ4v) is 0.837. The SMILES string of the molecule is C=CC(S)C(C)C(N)C(=O)O. The van der Waals surface area contributed by atoms with Gasteiger partial charge in [0.2, 0.25) is 0 Å². The summed E-state index contributed by atoms with van der Waals surface area (Å²) in [6, 6.07) is -0.865. The molecule has 0 amide bonds. The van der Waals surface area contributed by atoms with E-state index in [1.165, 1.54) is 0 Å². The van der Waals surface area contributed by atoms with Crippen molar-refractivity contribution in [3.8, 4) is 0 Å². The Bertz CT molecular complexity index is 161. The number of nitrogens with two attached hydrogens (primary N) is 1. The Balaban J connectivity index is 4.11. The Morgan fingerprint density at radius 1 is 1.82 bits per heavy atom. The van der Waals surface area contributed by atoms with Crippen LogP contribution in [0.3, 0.4) is 0 Å². The summed E-state index contributed by atoms with van der Waals surface area (Å²) in [7, 11) is 0. The first-order valence-corrected chi connectivity index (χ1v) is 3.81. The molecular formula is C7H13NO2S. The van der Waals surface area contributed by atoms with Gasteiger partial charge in [0.25, 0.3) is 0 Å². The van der Waals surface area contributed by atoms with Gasteiger partial charge in [-0.25, -0.2) is 0 Å². The summed E-state index contributed by atoms with van der Waals surface area (Å²) in [6.45, 7) is 5.23. The van der Waals surface area contributed by atoms with Gasteiger partial charge in [-0.2, -0.15) is 12.6 Å². The molecule has 0 rings (SSSR count). The highest BCUT2D eigenvalue weighted by molar-refractivity contribution is 7.81. The van der Waals surface area contributed by atoms with E-state index >= 15 is 0 Å². The van der Waals surface area contributed by atoms with Crippen molar-refractivity contribution < 1.29 is 9.90 Å². The van der Waals surface area contributed by atoms with Crippen LogP contribution in [0.25, 0.3) is 0 Å². The Morgan fingerprint density at radius 2 is 2.27 bits per heavy atom. The zero-order valence-corrected chi connectivity index (χ0v) is 7.29. The van der Waals surface area contributed by atoms with Crippen molar-refractivity contribution in [3.63, 3.8) is 0 Å². The molecule has 0 fully saturated rings. The third-order valence-electron chi connectivity index (χ3n) is 1.63. The summed E-state index contributed by atoms with van der Waals surface area (Å²) in [5.74, 6) is -1.20. The first-order valence-electron chi connectivity index (χ1n) is 3.29. The van der Waals surface area contributed by atoms with E-state index in [2.05, 4.69) is 19.2 Å². The molecule has 0 aromatic rings. The van der Waals surface area contributed by atoms with Crippen LogP contribution in [0, 0.1) is 5.92 Å². The highest BCUT2D eigenvalue weighted by atomic mass is 32.1. The van der Waals surface area contributed by atoms with Gasteiger partial charge < -0.3 is 10.8 Å². The van der Waals surface area contributed by atoms with Crippen molar-refractivity contribution in [1.29, 1.82) is 0 Å². The Kier molecular flexibility index (Phi) is 4.22. The molecule has 0 bridgehead atoms. The van der Waals surface area contributed by atoms with Crippen LogP contribution in [0.2, 0.25) is 0 Å². The molecule has 0 saturated heterocycles. The van der Waals surface area contributed by atoms with Crippen LogP contribution in [0.1, 0.15) is 6.92 Å². The Hall–Kier alpha value is -0.480. The predicted octanol–water partition coefficient (Wildman–Crippen LogP) is 0.519. The van der Waals surface area contributed by atoms with Gasteiger partial charge in [-0.3, -0.25) is 4.79 Å². The van der Waals surface area contributed by atoms with Gasteiger partial charge in [-0.05, 0) is 5.92 Å². The quantitative estimate of drug-likeness (QED) is 0.431. The van der Waals surface area contributed by atoms with Crippen LogP contribution in [0.5, 0.6) is 0 Å². The van der Waals surface area contributed by atoms with Gasteiger partial charge in [0.15, 0.2) is 0 Å². The van der Waals surface area contributed by atoms with Gasteiger partial charge >= 0.3 is 5.97 Å². The minimum Gasteiger partial charge on any atom is -0.480 e. The average Bonchev–Trinajstić information content (AvgIpc) is 2.00. The summed E-state index contributed by atoms with van der Waals surface area (Å²) in [6.07, 6.45) is 1.58. The summed E-state index contributed by atoms with van der Waals surface area (Å²) in [4.78, 5) is 10.4. The lowest BCUT2D eigenvalue weighted by Gasteiger charge is -2.19. The van der Waals surface area contributed by atoms with E-state index in [0.29, 0.717) is 0 Å². The first kappa shape index (κ1) is 10.5. The number of rotatable bonds is 4. The predicted molar refractivity (Wildman–Crippen MR) is 47.7 cm³/mol. The highest BCUT2D eigenvalue weighted by Crippen LogP contribution is 2.13. The normalized spacial score (nSPS) is 18.5. The molecule has 3 N–H and O–H groups in total. The van der Waals surface area contributed by atoms with Crippen LogP contribution in [0.15, 0.2) is 12.7 Å². The minimum atomic E-state index is -1.00. The number of aliphatic carboxylic acids is 1. The third kappa shape index (κ3) is 2.95. The summed E-state index contributed by atoms with van der Waals surface area (Å²) >= 11 is 4.10. The molecule has 0 aliphatic heterocycles. The summed E-state index contributed by atoms with van der Waals surface area (Å²) in [5.41, 5.74) is 5.34. The second kappa shape index (κ2) is 4.41. The topological polar surface area (TPSA) is 63.3 Å². The molecule has 3 unspecified atom stereocenters. The molecule has 0 saturated carbocycles. The maximum Gasteiger partial charge on any atom is 0.320 e. The maximum atomic E-state index is 10.4. The molecule has 3 nitrogen and oxygen atoms in total. The van der Waals surface area contributed by atoms with Gasteiger partial charge in [0.05, 0.1) is 0 Å². The second-order valence-electron chi connectivity index (χ2n) is 2.45. The van der Waals surface area contributed by atoms with E-state index in [4.69, 9.17) is 10.8 Å². The molecule has 0 aliphatic carbocycles. The van der Waals surface area contributed by atoms with Gasteiger partial charge in [-0.1, -0.05) is 13.0 Å². The number of thiol groups is 1. The van der Waals surface area contributed by atoms with E-state index in [-0.39, 0.29) is 11.2 Å². The van der Waals surface area contributed by atoms with Gasteiger partial charge in [0, 0.05) is 5.25 Å². The van der Waals surface area contributed by atoms with Crippen LogP contribution in [0.4, 0.5) is 0 Å². The molecule has 64 valence electrons. The van der Waals surface area contributed by atoms with Crippen LogP contribution >= 0.6 is 12.6 Å². The van der Waals surface area contributed by atoms with E-state index in [1.807, 2.05) is 0 Å². The van der Waals surface area contributed by atoms with E-state index in [1.54, 1.807) is 13.0 Å². The number of hydrogen-bond donors (Lipinski definition) is 3. The lowest BCUT2D eigenvalue weighted by Crippen LogP contribution is -2.40. The molecule has 3 atom stereocenters. The summed E-state index contributed by atoms with van der Waals surface area (Å²) in [5, 5.41) is 8.34. The zero-order chi connectivity index (χ0) is 9.02. The lowest BCUT2D eigenvalue weighted by molar-refractivity contribution is -0.139. The monoisotopic (exact) mass is 175 g/mol. The largest absolute Gasteiger partial charge is 0.480 e. The molecule has 0 aromatic carbocycles. The Morgan fingerprint density at radius 3 is 2.55 bits per heavy atom. The van der Waals surface area contributed by atoms with E-state index < -0.39 is 12.0 Å². The van der Waals surface area contributed by atoms with Crippen molar-refractivity contribution in [2.24, 2.45) is 11.7 Å². The van der Waals surface area contributed by atoms with Crippen molar-refractivity contribution in [1.82, 2.24) is 0 Å². The third-order valence-corrected chi connectivity index (χ3v) is 2.31. The second-order valence-corrected chi connectivity index (χ2v) is 3.05. The Labute approximate surface area is 71.7 Å². The zero-order valence-electron chi connectivity index (χ0n) is 6.40. The van der Waals surface area contributed by atoms with E-state index in [0.717, 1.165) is 0 Å². The first-order chi connectivity index (χ1) is 5.00. The number of carboxylic acid groups (broad SMARTS) is 1. The average molecular weight is 175 g/mol. The summed E-state index contributed by atoms with van der Waals surface area (Å²) < 4.78 is 0. The molecular weight excluding hydrogens is 162 g/mol. The van der Waals surface area contributed by atoms with Crippen molar-refractivity contribution in [2.75, 3.05) is 0 Å². The molecule has 0 heterocycles. The van der Waals surface area contributed by atoms with Crippen LogP contribution in [-0.4, -0.2) is 22.4 Å². The fourth-order valence-electron chi connectivity index (χ4n) is 0.652. The molecule has 0 radical (unpaired) electrons. The standard InChI is InChI=1S/C7H13NO2S/c1-3-5(11)4(2)6(8)7(9)10/h3-6,11H,1,8H2,2H3,(H,9,10). The number of carboxylic acids is 1. The van der Waals surface area contributed by atoms with Crippen LogP contribution < -0.4 is 5.73 Å². The van der Waals surface area contributed by atoms with Gasteiger partial charge in [-0.15, -0.1) is 6.58 Å². The maximum absolute atomic E-state index is 10.4. The molecule has 4 heteroatoms. The smallest absolute Gasteiger partial charge is 0.320 e. The van der Waals surface area contributed by atoms with Gasteiger partial charge in [0.1, 0.15) is 6.04 Å².